The molecule has 0 aromatic heterocycles. The summed E-state index contributed by atoms with van der Waals surface area (Å²) in [6.07, 6.45) is 5.69. The molecule has 4 aliphatic rings. The Kier molecular flexibility index (Phi) is 1.30. The van der Waals surface area contributed by atoms with Crippen LogP contribution >= 0.6 is 0 Å². The van der Waals surface area contributed by atoms with Crippen LogP contribution in [0.4, 0.5) is 0 Å². The maximum atomic E-state index is 12.2. The Morgan fingerprint density at radius 2 is 1.41 bits per heavy atom. The summed E-state index contributed by atoms with van der Waals surface area (Å²) >= 11 is 0. The number of Topliss-reactive ketones (excluding diaryl/α,β-unsaturated/α-hetero) is 1. The predicted molar refractivity (Wildman–Crippen MR) is 64.6 cm³/mol. The number of hydrogen-bond acceptors (Lipinski definition) is 1. The van der Waals surface area contributed by atoms with Gasteiger partial charge in [0, 0.05) is 11.8 Å². The minimum absolute atomic E-state index is 0.258. The van der Waals surface area contributed by atoms with Gasteiger partial charge in [-0.15, -0.1) is 0 Å². The topological polar surface area (TPSA) is 17.1 Å². The number of carbonyl (C=O) groups is 1. The summed E-state index contributed by atoms with van der Waals surface area (Å²) in [6, 6.07) is 8.88. The number of rotatable bonds is 0. The first kappa shape index (κ1) is 8.68. The van der Waals surface area contributed by atoms with E-state index in [4.69, 9.17) is 0 Å². The van der Waals surface area contributed by atoms with E-state index in [2.05, 4.69) is 36.4 Å². The average Bonchev–Trinajstić information content (AvgIpc) is 3.07. The Balaban J connectivity index is 1.73. The summed E-state index contributed by atoms with van der Waals surface area (Å²) in [4.78, 5) is 12.2. The molecule has 6 atom stereocenters. The van der Waals surface area contributed by atoms with Crippen molar-refractivity contribution in [1.82, 2.24) is 0 Å². The summed E-state index contributed by atoms with van der Waals surface area (Å²) in [5, 5.41) is 0. The molecule has 0 saturated heterocycles. The molecule has 0 spiro atoms. The van der Waals surface area contributed by atoms with E-state index >= 15 is 0 Å². The van der Waals surface area contributed by atoms with Crippen LogP contribution in [0.25, 0.3) is 0 Å². The number of ketones is 1. The Hall–Kier alpha value is -1.37. The molecule has 4 bridgehead atoms. The number of benzene rings is 1. The Morgan fingerprint density at radius 1 is 0.882 bits per heavy atom. The maximum absolute atomic E-state index is 12.2. The van der Waals surface area contributed by atoms with Crippen LogP contribution in [0, 0.1) is 23.7 Å². The van der Waals surface area contributed by atoms with Crippen molar-refractivity contribution >= 4 is 5.78 Å². The molecule has 0 radical (unpaired) electrons. The molecule has 1 nitrogen and oxygen atoms in total. The quantitative estimate of drug-likeness (QED) is 0.487. The fraction of sp³-hybridized carbons (Fsp3) is 0.438. The molecular weight excluding hydrogens is 208 g/mol. The van der Waals surface area contributed by atoms with E-state index in [1.807, 2.05) is 0 Å². The SMILES string of the molecule is O=C1C2C=CC1C1C3CC(c4ccccc43)C21. The first-order chi connectivity index (χ1) is 8.36. The predicted octanol–water partition coefficient (Wildman–Crippen LogP) is 2.89. The lowest BCUT2D eigenvalue weighted by Crippen LogP contribution is -2.25. The van der Waals surface area contributed by atoms with Crippen LogP contribution in [0.15, 0.2) is 36.4 Å². The van der Waals surface area contributed by atoms with E-state index in [0.29, 0.717) is 29.5 Å². The van der Waals surface area contributed by atoms with Gasteiger partial charge >= 0.3 is 0 Å². The van der Waals surface area contributed by atoms with Gasteiger partial charge in [0.05, 0.1) is 0 Å². The molecule has 2 fully saturated rings. The zero-order chi connectivity index (χ0) is 11.1. The first-order valence-corrected chi connectivity index (χ1v) is 6.67. The lowest BCUT2D eigenvalue weighted by atomic mass is 9.71. The molecule has 0 aliphatic heterocycles. The van der Waals surface area contributed by atoms with Crippen molar-refractivity contribution in [3.8, 4) is 0 Å². The van der Waals surface area contributed by atoms with Crippen molar-refractivity contribution in [1.29, 1.82) is 0 Å². The number of hydrogen-bond donors (Lipinski definition) is 0. The van der Waals surface area contributed by atoms with E-state index in [-0.39, 0.29) is 11.8 Å². The van der Waals surface area contributed by atoms with Crippen molar-refractivity contribution in [3.05, 3.63) is 47.5 Å². The van der Waals surface area contributed by atoms with Crippen LogP contribution in [0.3, 0.4) is 0 Å². The van der Waals surface area contributed by atoms with Gasteiger partial charge in [0.25, 0.3) is 0 Å². The largest absolute Gasteiger partial charge is 0.298 e. The van der Waals surface area contributed by atoms with Gasteiger partial charge in [-0.1, -0.05) is 36.4 Å². The van der Waals surface area contributed by atoms with Crippen molar-refractivity contribution in [2.24, 2.45) is 23.7 Å². The van der Waals surface area contributed by atoms with Gasteiger partial charge in [-0.3, -0.25) is 4.79 Å². The summed E-state index contributed by atoms with van der Waals surface area (Å²) in [5.74, 6) is 3.65. The summed E-state index contributed by atoms with van der Waals surface area (Å²) in [5.41, 5.74) is 3.10. The molecule has 1 aromatic rings. The lowest BCUT2D eigenvalue weighted by molar-refractivity contribution is -0.121. The number of carbonyl (C=O) groups excluding carboxylic acids is 1. The van der Waals surface area contributed by atoms with Gasteiger partial charge < -0.3 is 0 Å². The number of fused-ring (bicyclic) bond motifs is 12. The Bertz CT molecular complexity index is 524. The highest BCUT2D eigenvalue weighted by atomic mass is 16.1. The van der Waals surface area contributed by atoms with Crippen LogP contribution in [-0.4, -0.2) is 5.78 Å². The van der Waals surface area contributed by atoms with Crippen molar-refractivity contribution in [3.63, 3.8) is 0 Å². The second-order valence-corrected chi connectivity index (χ2v) is 6.07. The fourth-order valence-electron chi connectivity index (χ4n) is 5.25. The fourth-order valence-corrected chi connectivity index (χ4v) is 5.25. The van der Waals surface area contributed by atoms with Crippen LogP contribution in [0.1, 0.15) is 29.4 Å². The van der Waals surface area contributed by atoms with Gasteiger partial charge in [-0.25, -0.2) is 0 Å². The smallest absolute Gasteiger partial charge is 0.147 e. The second-order valence-electron chi connectivity index (χ2n) is 6.07. The summed E-state index contributed by atoms with van der Waals surface area (Å²) in [6.45, 7) is 0. The van der Waals surface area contributed by atoms with Crippen LogP contribution in [0.5, 0.6) is 0 Å². The third kappa shape index (κ3) is 0.782. The normalized spacial score (nSPS) is 47.6. The van der Waals surface area contributed by atoms with Crippen molar-refractivity contribution in [2.45, 2.75) is 18.3 Å². The minimum atomic E-state index is 0.258. The molecule has 1 heteroatoms. The monoisotopic (exact) mass is 222 g/mol. The van der Waals surface area contributed by atoms with E-state index in [1.165, 1.54) is 6.42 Å². The molecule has 4 aliphatic carbocycles. The Labute approximate surface area is 101 Å². The average molecular weight is 222 g/mol. The van der Waals surface area contributed by atoms with Gasteiger partial charge in [-0.2, -0.15) is 0 Å². The first-order valence-electron chi connectivity index (χ1n) is 6.67. The van der Waals surface area contributed by atoms with Gasteiger partial charge in [0.2, 0.25) is 0 Å². The zero-order valence-electron chi connectivity index (χ0n) is 9.54. The second kappa shape index (κ2) is 2.55. The highest BCUT2D eigenvalue weighted by molar-refractivity contribution is 5.93. The van der Waals surface area contributed by atoms with Crippen LogP contribution in [-0.2, 0) is 4.79 Å². The van der Waals surface area contributed by atoms with E-state index in [0.717, 1.165) is 0 Å². The molecule has 0 N–H and O–H groups in total. The molecule has 0 heterocycles. The summed E-state index contributed by atoms with van der Waals surface area (Å²) in [7, 11) is 0. The van der Waals surface area contributed by atoms with E-state index in [1.54, 1.807) is 11.1 Å². The molecule has 84 valence electrons. The molecule has 2 saturated carbocycles. The molecule has 0 amide bonds. The maximum Gasteiger partial charge on any atom is 0.147 e. The Morgan fingerprint density at radius 3 is 1.94 bits per heavy atom. The molecule has 17 heavy (non-hydrogen) atoms. The summed E-state index contributed by atoms with van der Waals surface area (Å²) < 4.78 is 0. The molecule has 1 aromatic carbocycles. The molecular formula is C16H14O. The van der Waals surface area contributed by atoms with Crippen molar-refractivity contribution < 1.29 is 4.79 Å². The number of allylic oxidation sites excluding steroid dienone is 2. The highest BCUT2D eigenvalue weighted by Gasteiger charge is 2.63. The van der Waals surface area contributed by atoms with E-state index < -0.39 is 0 Å². The molecule has 6 unspecified atom stereocenters. The molecule has 5 rings (SSSR count). The van der Waals surface area contributed by atoms with Gasteiger partial charge in [0.1, 0.15) is 5.78 Å². The third-order valence-electron chi connectivity index (χ3n) is 5.69. The van der Waals surface area contributed by atoms with Gasteiger partial charge in [-0.05, 0) is 41.2 Å². The zero-order valence-corrected chi connectivity index (χ0v) is 9.54. The minimum Gasteiger partial charge on any atom is -0.298 e. The van der Waals surface area contributed by atoms with Gasteiger partial charge in [0.15, 0.2) is 0 Å². The van der Waals surface area contributed by atoms with E-state index in [9.17, 15) is 4.79 Å². The van der Waals surface area contributed by atoms with Crippen LogP contribution < -0.4 is 0 Å². The lowest BCUT2D eigenvalue weighted by Gasteiger charge is -2.32. The standard InChI is InChI=1S/C16H14O/c17-16-10-5-6-11(16)15-13-7-12(14(10)15)8-3-1-2-4-9(8)13/h1-6,10-15H,7H2. The van der Waals surface area contributed by atoms with Crippen LogP contribution in [0.2, 0.25) is 0 Å². The van der Waals surface area contributed by atoms with Crippen molar-refractivity contribution in [2.75, 3.05) is 0 Å². The highest BCUT2D eigenvalue weighted by Crippen LogP contribution is 2.68. The third-order valence-corrected chi connectivity index (χ3v) is 5.69.